The summed E-state index contributed by atoms with van der Waals surface area (Å²) in [6.07, 6.45) is 5.72. The Morgan fingerprint density at radius 3 is 2.61 bits per heavy atom. The van der Waals surface area contributed by atoms with Crippen LogP contribution in [-0.2, 0) is 6.42 Å². The van der Waals surface area contributed by atoms with Gasteiger partial charge in [-0.05, 0) is 24.8 Å². The minimum Gasteiger partial charge on any atom is -0.338 e. The standard InChI is InChI=1S/C15H22N2O/c1-17(14-9-5-6-10-14)15(18)16-12-11-13-7-3-2-4-8-13/h2-4,7-8,14H,5-6,9-12H2,1H3,(H,16,18). The fourth-order valence-corrected chi connectivity index (χ4v) is 2.54. The second-order valence-electron chi connectivity index (χ2n) is 5.02. The molecule has 1 aliphatic carbocycles. The minimum atomic E-state index is 0.0674. The quantitative estimate of drug-likeness (QED) is 0.870. The van der Waals surface area contributed by atoms with Gasteiger partial charge in [0.15, 0.2) is 0 Å². The molecule has 0 aliphatic heterocycles. The molecule has 1 saturated carbocycles. The molecule has 2 rings (SSSR count). The van der Waals surface area contributed by atoms with Gasteiger partial charge in [0.05, 0.1) is 0 Å². The van der Waals surface area contributed by atoms with Gasteiger partial charge in [0, 0.05) is 19.6 Å². The second kappa shape index (κ2) is 6.43. The van der Waals surface area contributed by atoms with E-state index in [1.807, 2.05) is 30.1 Å². The van der Waals surface area contributed by atoms with Crippen molar-refractivity contribution >= 4 is 6.03 Å². The summed E-state index contributed by atoms with van der Waals surface area (Å²) in [6, 6.07) is 10.8. The maximum absolute atomic E-state index is 11.9. The van der Waals surface area contributed by atoms with Gasteiger partial charge in [-0.1, -0.05) is 43.2 Å². The van der Waals surface area contributed by atoms with Crippen molar-refractivity contribution in [1.82, 2.24) is 10.2 Å². The molecule has 0 unspecified atom stereocenters. The van der Waals surface area contributed by atoms with Crippen molar-refractivity contribution in [2.75, 3.05) is 13.6 Å². The zero-order valence-electron chi connectivity index (χ0n) is 11.1. The first-order valence-corrected chi connectivity index (χ1v) is 6.82. The number of urea groups is 1. The maximum atomic E-state index is 11.9. The molecule has 1 fully saturated rings. The van der Waals surface area contributed by atoms with Gasteiger partial charge in [-0.2, -0.15) is 0 Å². The number of benzene rings is 1. The van der Waals surface area contributed by atoms with E-state index in [1.165, 1.54) is 18.4 Å². The average Bonchev–Trinajstić information content (AvgIpc) is 2.93. The number of nitrogens with zero attached hydrogens (tertiary/aromatic N) is 1. The SMILES string of the molecule is CN(C(=O)NCCc1ccccc1)C1CCCC1. The van der Waals surface area contributed by atoms with Gasteiger partial charge >= 0.3 is 6.03 Å². The third-order valence-electron chi connectivity index (χ3n) is 3.73. The summed E-state index contributed by atoms with van der Waals surface area (Å²) >= 11 is 0. The summed E-state index contributed by atoms with van der Waals surface area (Å²) in [6.45, 7) is 0.708. The van der Waals surface area contributed by atoms with Crippen LogP contribution in [0.25, 0.3) is 0 Å². The Hall–Kier alpha value is -1.51. The second-order valence-corrected chi connectivity index (χ2v) is 5.02. The van der Waals surface area contributed by atoms with Crippen LogP contribution in [0.5, 0.6) is 0 Å². The van der Waals surface area contributed by atoms with Crippen LogP contribution in [0.4, 0.5) is 4.79 Å². The molecule has 0 bridgehead atoms. The molecule has 1 aliphatic rings. The van der Waals surface area contributed by atoms with Gasteiger partial charge in [0.25, 0.3) is 0 Å². The predicted molar refractivity (Wildman–Crippen MR) is 73.6 cm³/mol. The van der Waals surface area contributed by atoms with E-state index < -0.39 is 0 Å². The molecule has 0 heterocycles. The summed E-state index contributed by atoms with van der Waals surface area (Å²) < 4.78 is 0. The molecular formula is C15H22N2O. The topological polar surface area (TPSA) is 32.3 Å². The molecule has 3 nitrogen and oxygen atoms in total. The van der Waals surface area contributed by atoms with E-state index in [1.54, 1.807) is 0 Å². The van der Waals surface area contributed by atoms with Gasteiger partial charge < -0.3 is 10.2 Å². The largest absolute Gasteiger partial charge is 0.338 e. The van der Waals surface area contributed by atoms with Crippen molar-refractivity contribution in [3.63, 3.8) is 0 Å². The summed E-state index contributed by atoms with van der Waals surface area (Å²) in [4.78, 5) is 13.8. The number of hydrogen-bond donors (Lipinski definition) is 1. The van der Waals surface area contributed by atoms with E-state index in [9.17, 15) is 4.79 Å². The maximum Gasteiger partial charge on any atom is 0.317 e. The number of amides is 2. The number of nitrogens with one attached hydrogen (secondary N) is 1. The molecule has 0 aromatic heterocycles. The van der Waals surface area contributed by atoms with E-state index in [2.05, 4.69) is 17.4 Å². The highest BCUT2D eigenvalue weighted by Gasteiger charge is 2.22. The third-order valence-corrected chi connectivity index (χ3v) is 3.73. The van der Waals surface area contributed by atoms with Crippen LogP contribution in [0.15, 0.2) is 30.3 Å². The van der Waals surface area contributed by atoms with Crippen molar-refractivity contribution in [2.45, 2.75) is 38.1 Å². The molecule has 98 valence electrons. The van der Waals surface area contributed by atoms with E-state index in [0.717, 1.165) is 19.3 Å². The van der Waals surface area contributed by atoms with E-state index in [-0.39, 0.29) is 6.03 Å². The first kappa shape index (κ1) is 12.9. The highest BCUT2D eigenvalue weighted by Crippen LogP contribution is 2.22. The van der Waals surface area contributed by atoms with Crippen LogP contribution in [0.1, 0.15) is 31.2 Å². The lowest BCUT2D eigenvalue weighted by atomic mass is 10.1. The van der Waals surface area contributed by atoms with Crippen LogP contribution in [0.2, 0.25) is 0 Å². The van der Waals surface area contributed by atoms with Gasteiger partial charge in [-0.25, -0.2) is 4.79 Å². The summed E-state index contributed by atoms with van der Waals surface area (Å²) in [7, 11) is 1.91. The van der Waals surface area contributed by atoms with Crippen LogP contribution in [0, 0.1) is 0 Å². The molecule has 0 saturated heterocycles. The van der Waals surface area contributed by atoms with Crippen molar-refractivity contribution in [1.29, 1.82) is 0 Å². The zero-order valence-corrected chi connectivity index (χ0v) is 11.1. The van der Waals surface area contributed by atoms with Crippen LogP contribution in [-0.4, -0.2) is 30.6 Å². The fraction of sp³-hybridized carbons (Fsp3) is 0.533. The third kappa shape index (κ3) is 3.49. The van der Waals surface area contributed by atoms with Gasteiger partial charge in [-0.3, -0.25) is 0 Å². The molecule has 1 aromatic carbocycles. The monoisotopic (exact) mass is 246 g/mol. The Kier molecular flexibility index (Phi) is 4.62. The predicted octanol–water partition coefficient (Wildman–Crippen LogP) is 2.81. The Bertz CT molecular complexity index is 371. The molecule has 3 heteroatoms. The smallest absolute Gasteiger partial charge is 0.317 e. The molecular weight excluding hydrogens is 224 g/mol. The van der Waals surface area contributed by atoms with Crippen LogP contribution >= 0.6 is 0 Å². The van der Waals surface area contributed by atoms with Crippen LogP contribution < -0.4 is 5.32 Å². The lowest BCUT2D eigenvalue weighted by molar-refractivity contribution is 0.191. The Morgan fingerprint density at radius 2 is 1.94 bits per heavy atom. The van der Waals surface area contributed by atoms with Gasteiger partial charge in [-0.15, -0.1) is 0 Å². The van der Waals surface area contributed by atoms with E-state index in [0.29, 0.717) is 12.6 Å². The summed E-state index contributed by atoms with van der Waals surface area (Å²) in [5.41, 5.74) is 1.27. The van der Waals surface area contributed by atoms with Crippen molar-refractivity contribution in [3.8, 4) is 0 Å². The lowest BCUT2D eigenvalue weighted by Crippen LogP contribution is -2.43. The number of hydrogen-bond acceptors (Lipinski definition) is 1. The average molecular weight is 246 g/mol. The first-order valence-electron chi connectivity index (χ1n) is 6.82. The Labute approximate surface area is 109 Å². The van der Waals surface area contributed by atoms with Gasteiger partial charge in [0.1, 0.15) is 0 Å². The van der Waals surface area contributed by atoms with E-state index >= 15 is 0 Å². The van der Waals surface area contributed by atoms with Gasteiger partial charge in [0.2, 0.25) is 0 Å². The molecule has 0 radical (unpaired) electrons. The summed E-state index contributed by atoms with van der Waals surface area (Å²) in [5.74, 6) is 0. The highest BCUT2D eigenvalue weighted by molar-refractivity contribution is 5.74. The Morgan fingerprint density at radius 1 is 1.28 bits per heavy atom. The molecule has 18 heavy (non-hydrogen) atoms. The number of carbonyl (C=O) groups is 1. The zero-order chi connectivity index (χ0) is 12.8. The van der Waals surface area contributed by atoms with E-state index in [4.69, 9.17) is 0 Å². The number of rotatable bonds is 4. The van der Waals surface area contributed by atoms with Crippen molar-refractivity contribution in [3.05, 3.63) is 35.9 Å². The number of carbonyl (C=O) groups excluding carboxylic acids is 1. The summed E-state index contributed by atoms with van der Waals surface area (Å²) in [5, 5.41) is 2.99. The Balaban J connectivity index is 1.71. The molecule has 1 aromatic rings. The normalized spacial score (nSPS) is 15.6. The minimum absolute atomic E-state index is 0.0674. The lowest BCUT2D eigenvalue weighted by Gasteiger charge is -2.24. The fourth-order valence-electron chi connectivity index (χ4n) is 2.54. The van der Waals surface area contributed by atoms with Crippen LogP contribution in [0.3, 0.4) is 0 Å². The molecule has 0 atom stereocenters. The van der Waals surface area contributed by atoms with Crippen molar-refractivity contribution < 1.29 is 4.79 Å². The molecule has 0 spiro atoms. The molecule has 1 N–H and O–H groups in total. The van der Waals surface area contributed by atoms with Crippen molar-refractivity contribution in [2.24, 2.45) is 0 Å². The molecule has 2 amide bonds. The highest BCUT2D eigenvalue weighted by atomic mass is 16.2. The first-order chi connectivity index (χ1) is 8.77.